The first-order valence-corrected chi connectivity index (χ1v) is 9.64. The second-order valence-corrected chi connectivity index (χ2v) is 9.06. The summed E-state index contributed by atoms with van der Waals surface area (Å²) in [5.41, 5.74) is 3.78. The number of aliphatic hydroxyl groups excluding tert-OH is 1. The van der Waals surface area contributed by atoms with Crippen LogP contribution in [0, 0.1) is 34.0 Å². The summed E-state index contributed by atoms with van der Waals surface area (Å²) in [6.07, 6.45) is 6.55. The molecule has 3 unspecified atom stereocenters. The van der Waals surface area contributed by atoms with Crippen LogP contribution in [-0.2, 0) is 6.42 Å². The van der Waals surface area contributed by atoms with E-state index in [4.69, 9.17) is 0 Å². The minimum atomic E-state index is -0.173. The molecule has 0 spiro atoms. The molecule has 128 valence electrons. The van der Waals surface area contributed by atoms with Crippen LogP contribution in [0.5, 0.6) is 0 Å². The molecule has 0 heterocycles. The number of nitrogens with zero attached hydrogens (tertiary/aromatic N) is 1. The Morgan fingerprint density at radius 2 is 2.08 bits per heavy atom. The number of rotatable bonds is 1. The zero-order valence-electron chi connectivity index (χ0n) is 15.2. The van der Waals surface area contributed by atoms with E-state index in [9.17, 15) is 10.4 Å². The van der Waals surface area contributed by atoms with Gasteiger partial charge in [-0.25, -0.2) is 0 Å². The van der Waals surface area contributed by atoms with Crippen molar-refractivity contribution in [1.29, 1.82) is 5.26 Å². The van der Waals surface area contributed by atoms with Gasteiger partial charge in [0.25, 0.3) is 0 Å². The Bertz CT molecular complexity index is 704. The molecule has 0 bridgehead atoms. The molecule has 2 nitrogen and oxygen atoms in total. The summed E-state index contributed by atoms with van der Waals surface area (Å²) < 4.78 is 0. The summed E-state index contributed by atoms with van der Waals surface area (Å²) in [5.74, 6) is 1.88. The summed E-state index contributed by atoms with van der Waals surface area (Å²) in [6, 6.07) is 8.69. The predicted octanol–water partition coefficient (Wildman–Crippen LogP) is 4.80. The first kappa shape index (κ1) is 16.2. The zero-order valence-corrected chi connectivity index (χ0v) is 15.2. The van der Waals surface area contributed by atoms with Crippen LogP contribution in [0.4, 0.5) is 0 Å². The second kappa shape index (κ2) is 5.33. The van der Waals surface area contributed by atoms with Gasteiger partial charge in [0, 0.05) is 0 Å². The third kappa shape index (κ3) is 1.97. The number of aliphatic hydroxyl groups is 1. The molecule has 3 aliphatic carbocycles. The number of fused-ring (bicyclic) bond motifs is 5. The van der Waals surface area contributed by atoms with Gasteiger partial charge < -0.3 is 5.11 Å². The molecular weight excluding hydrogens is 294 g/mol. The summed E-state index contributed by atoms with van der Waals surface area (Å²) in [4.78, 5) is 0. The Labute approximate surface area is 145 Å². The average molecular weight is 323 g/mol. The van der Waals surface area contributed by atoms with E-state index < -0.39 is 0 Å². The Morgan fingerprint density at radius 1 is 1.29 bits per heavy atom. The first-order valence-electron chi connectivity index (χ1n) is 9.64. The van der Waals surface area contributed by atoms with E-state index in [1.165, 1.54) is 17.5 Å². The normalized spacial score (nSPS) is 43.5. The van der Waals surface area contributed by atoms with Crippen LogP contribution in [0.1, 0.15) is 75.5 Å². The van der Waals surface area contributed by atoms with Gasteiger partial charge in [-0.2, -0.15) is 5.26 Å². The highest BCUT2D eigenvalue weighted by Gasteiger charge is 2.61. The summed E-state index contributed by atoms with van der Waals surface area (Å²) in [5, 5.41) is 20.6. The first-order chi connectivity index (χ1) is 11.4. The van der Waals surface area contributed by atoms with E-state index in [1.54, 1.807) is 0 Å². The summed E-state index contributed by atoms with van der Waals surface area (Å²) >= 11 is 0. The van der Waals surface area contributed by atoms with E-state index in [1.807, 2.05) is 6.07 Å². The zero-order chi connectivity index (χ0) is 17.1. The van der Waals surface area contributed by atoms with Gasteiger partial charge in [-0.15, -0.1) is 0 Å². The lowest BCUT2D eigenvalue weighted by Crippen LogP contribution is -2.45. The summed E-state index contributed by atoms with van der Waals surface area (Å²) in [7, 11) is 0. The number of hydrogen-bond donors (Lipinski definition) is 1. The maximum absolute atomic E-state index is 11.1. The molecule has 2 fully saturated rings. The van der Waals surface area contributed by atoms with Crippen molar-refractivity contribution in [1.82, 2.24) is 0 Å². The minimum absolute atomic E-state index is 0.0725. The largest absolute Gasteiger partial charge is 0.392 e. The van der Waals surface area contributed by atoms with Crippen molar-refractivity contribution in [3.05, 3.63) is 34.9 Å². The van der Waals surface area contributed by atoms with Gasteiger partial charge in [-0.1, -0.05) is 32.9 Å². The fourth-order valence-electron chi connectivity index (χ4n) is 6.54. The molecule has 0 radical (unpaired) electrons. The molecule has 1 aromatic carbocycles. The van der Waals surface area contributed by atoms with Gasteiger partial charge in [0.05, 0.1) is 17.7 Å². The van der Waals surface area contributed by atoms with E-state index in [0.29, 0.717) is 17.8 Å². The van der Waals surface area contributed by atoms with Gasteiger partial charge in [-0.05, 0) is 84.3 Å². The van der Waals surface area contributed by atoms with Crippen molar-refractivity contribution in [3.8, 4) is 6.07 Å². The van der Waals surface area contributed by atoms with E-state index in [2.05, 4.69) is 39.0 Å². The SMILES string of the molecule is CC[C@@]1(C)CC2C3CCc4c(C#N)cccc4C3CC[C@]2(C)[C@H]1O. The highest BCUT2D eigenvalue weighted by Crippen LogP contribution is 2.65. The third-order valence-corrected chi connectivity index (χ3v) is 8.11. The third-order valence-electron chi connectivity index (χ3n) is 8.11. The molecule has 6 atom stereocenters. The van der Waals surface area contributed by atoms with Crippen LogP contribution in [0.3, 0.4) is 0 Å². The summed E-state index contributed by atoms with van der Waals surface area (Å²) in [6.45, 7) is 6.87. The molecule has 24 heavy (non-hydrogen) atoms. The fourth-order valence-corrected chi connectivity index (χ4v) is 6.54. The van der Waals surface area contributed by atoms with Gasteiger partial charge in [0.1, 0.15) is 0 Å². The van der Waals surface area contributed by atoms with Gasteiger partial charge in [0.15, 0.2) is 0 Å². The Hall–Kier alpha value is -1.33. The average Bonchev–Trinajstić information content (AvgIpc) is 2.82. The molecule has 0 aromatic heterocycles. The molecule has 3 aliphatic rings. The van der Waals surface area contributed by atoms with Crippen molar-refractivity contribution < 1.29 is 5.11 Å². The lowest BCUT2D eigenvalue weighted by molar-refractivity contribution is -0.0511. The lowest BCUT2D eigenvalue weighted by atomic mass is 9.55. The van der Waals surface area contributed by atoms with Crippen LogP contribution in [0.2, 0.25) is 0 Å². The number of nitriles is 1. The van der Waals surface area contributed by atoms with E-state index in [0.717, 1.165) is 37.7 Å². The van der Waals surface area contributed by atoms with Crippen LogP contribution in [-0.4, -0.2) is 11.2 Å². The number of benzene rings is 1. The molecule has 2 heteroatoms. The number of hydrogen-bond acceptors (Lipinski definition) is 2. The highest BCUT2D eigenvalue weighted by atomic mass is 16.3. The molecule has 0 amide bonds. The second-order valence-electron chi connectivity index (χ2n) is 9.06. The van der Waals surface area contributed by atoms with Crippen molar-refractivity contribution in [2.75, 3.05) is 0 Å². The molecular formula is C22H29NO. The van der Waals surface area contributed by atoms with Crippen molar-refractivity contribution in [3.63, 3.8) is 0 Å². The highest BCUT2D eigenvalue weighted by molar-refractivity contribution is 5.46. The Morgan fingerprint density at radius 3 is 2.79 bits per heavy atom. The smallest absolute Gasteiger partial charge is 0.0994 e. The van der Waals surface area contributed by atoms with Crippen LogP contribution < -0.4 is 0 Å². The van der Waals surface area contributed by atoms with Gasteiger partial charge >= 0.3 is 0 Å². The van der Waals surface area contributed by atoms with Gasteiger partial charge in [0.2, 0.25) is 0 Å². The molecule has 1 N–H and O–H groups in total. The van der Waals surface area contributed by atoms with Crippen LogP contribution in [0.15, 0.2) is 18.2 Å². The van der Waals surface area contributed by atoms with Crippen LogP contribution >= 0.6 is 0 Å². The van der Waals surface area contributed by atoms with Crippen molar-refractivity contribution >= 4 is 0 Å². The van der Waals surface area contributed by atoms with Crippen LogP contribution in [0.25, 0.3) is 0 Å². The maximum Gasteiger partial charge on any atom is 0.0994 e. The quantitative estimate of drug-likeness (QED) is 0.806. The van der Waals surface area contributed by atoms with Gasteiger partial charge in [-0.3, -0.25) is 0 Å². The Balaban J connectivity index is 1.74. The lowest BCUT2D eigenvalue weighted by Gasteiger charge is -2.50. The minimum Gasteiger partial charge on any atom is -0.392 e. The predicted molar refractivity (Wildman–Crippen MR) is 95.6 cm³/mol. The molecule has 2 saturated carbocycles. The Kier molecular flexibility index (Phi) is 3.59. The van der Waals surface area contributed by atoms with E-state index >= 15 is 0 Å². The monoisotopic (exact) mass is 323 g/mol. The van der Waals surface area contributed by atoms with E-state index in [-0.39, 0.29) is 16.9 Å². The molecule has 0 aliphatic heterocycles. The molecule has 4 rings (SSSR count). The standard InChI is InChI=1S/C22H29NO/c1-4-21(2)12-19-18-9-8-15-14(13-23)6-5-7-16(15)17(18)10-11-22(19,3)20(21)24/h5-7,17-20,24H,4,8-12H2,1-3H3/t17?,18?,19?,20-,21-,22-/m0/s1. The topological polar surface area (TPSA) is 44.0 Å². The van der Waals surface area contributed by atoms with Crippen molar-refractivity contribution in [2.45, 2.75) is 71.3 Å². The molecule has 1 aromatic rings. The fraction of sp³-hybridized carbons (Fsp3) is 0.682. The molecule has 0 saturated heterocycles. The maximum atomic E-state index is 11.1. The van der Waals surface area contributed by atoms with Crippen molar-refractivity contribution in [2.24, 2.45) is 22.7 Å².